The maximum absolute atomic E-state index is 11.8. The molecule has 0 atom stereocenters. The molecule has 1 aromatic heterocycles. The van der Waals surface area contributed by atoms with Crippen molar-refractivity contribution in [2.45, 2.75) is 39.7 Å². The van der Waals surface area contributed by atoms with Gasteiger partial charge in [-0.25, -0.2) is 0 Å². The van der Waals surface area contributed by atoms with Crippen LogP contribution in [-0.2, 0) is 11.3 Å². The van der Waals surface area contributed by atoms with Crippen molar-refractivity contribution in [3.63, 3.8) is 0 Å². The van der Waals surface area contributed by atoms with Crippen molar-refractivity contribution in [3.05, 3.63) is 17.5 Å². The van der Waals surface area contributed by atoms with Gasteiger partial charge in [0.15, 0.2) is 0 Å². The zero-order valence-corrected chi connectivity index (χ0v) is 10.8. The first-order chi connectivity index (χ1) is 8.56. The van der Waals surface area contributed by atoms with Gasteiger partial charge in [-0.15, -0.1) is 0 Å². The molecule has 1 amide bonds. The van der Waals surface area contributed by atoms with Gasteiger partial charge in [0.1, 0.15) is 0 Å². The second-order valence-corrected chi connectivity index (χ2v) is 4.12. The Kier molecular flexibility index (Phi) is 5.35. The van der Waals surface area contributed by atoms with E-state index in [-0.39, 0.29) is 18.9 Å². The van der Waals surface area contributed by atoms with Crippen molar-refractivity contribution in [2.75, 3.05) is 6.54 Å². The molecule has 1 aromatic rings. The van der Waals surface area contributed by atoms with Gasteiger partial charge in [-0.1, -0.05) is 13.3 Å². The molecule has 6 heteroatoms. The van der Waals surface area contributed by atoms with Crippen molar-refractivity contribution < 1.29 is 14.7 Å². The minimum Gasteiger partial charge on any atom is -0.481 e. The van der Waals surface area contributed by atoms with Crippen LogP contribution in [0, 0.1) is 6.92 Å². The fourth-order valence-corrected chi connectivity index (χ4v) is 1.58. The number of nitrogens with zero attached hydrogens (tertiary/aromatic N) is 2. The first-order valence-electron chi connectivity index (χ1n) is 6.08. The Morgan fingerprint density at radius 1 is 1.50 bits per heavy atom. The Labute approximate surface area is 106 Å². The molecular formula is C12H19N3O3. The molecular weight excluding hydrogens is 234 g/mol. The summed E-state index contributed by atoms with van der Waals surface area (Å²) in [7, 11) is 0. The quantitative estimate of drug-likeness (QED) is 0.764. The van der Waals surface area contributed by atoms with Crippen LogP contribution < -0.4 is 5.32 Å². The van der Waals surface area contributed by atoms with E-state index in [4.69, 9.17) is 5.11 Å². The number of rotatable bonds is 7. The van der Waals surface area contributed by atoms with Gasteiger partial charge in [0, 0.05) is 18.8 Å². The molecule has 1 heterocycles. The molecule has 0 radical (unpaired) electrons. The Morgan fingerprint density at radius 2 is 2.22 bits per heavy atom. The summed E-state index contributed by atoms with van der Waals surface area (Å²) < 4.78 is 1.80. The largest absolute Gasteiger partial charge is 0.481 e. The van der Waals surface area contributed by atoms with E-state index in [1.54, 1.807) is 4.68 Å². The maximum Gasteiger partial charge on any atom is 0.305 e. The molecule has 0 unspecified atom stereocenters. The van der Waals surface area contributed by atoms with Gasteiger partial charge in [-0.3, -0.25) is 14.3 Å². The number of aliphatic carboxylic acids is 1. The molecule has 0 fully saturated rings. The molecule has 0 aliphatic rings. The average molecular weight is 253 g/mol. The van der Waals surface area contributed by atoms with E-state index in [1.165, 1.54) is 6.20 Å². The number of carbonyl (C=O) groups excluding carboxylic acids is 1. The lowest BCUT2D eigenvalue weighted by molar-refractivity contribution is -0.136. The van der Waals surface area contributed by atoms with Crippen LogP contribution in [0.25, 0.3) is 0 Å². The van der Waals surface area contributed by atoms with E-state index in [2.05, 4.69) is 17.3 Å². The van der Waals surface area contributed by atoms with Crippen LogP contribution in [0.4, 0.5) is 0 Å². The summed E-state index contributed by atoms with van der Waals surface area (Å²) in [4.78, 5) is 22.1. The molecule has 1 rings (SSSR count). The highest BCUT2D eigenvalue weighted by atomic mass is 16.4. The number of carbonyl (C=O) groups is 2. The van der Waals surface area contributed by atoms with Crippen LogP contribution in [-0.4, -0.2) is 33.3 Å². The first-order valence-corrected chi connectivity index (χ1v) is 6.08. The Bertz CT molecular complexity index is 426. The van der Waals surface area contributed by atoms with Crippen LogP contribution in [0.15, 0.2) is 6.20 Å². The highest BCUT2D eigenvalue weighted by molar-refractivity contribution is 5.95. The Balaban J connectivity index is 2.57. The lowest BCUT2D eigenvalue weighted by Gasteiger charge is -2.05. The molecule has 6 nitrogen and oxygen atoms in total. The summed E-state index contributed by atoms with van der Waals surface area (Å²) in [6.45, 7) is 4.87. The van der Waals surface area contributed by atoms with Gasteiger partial charge in [-0.2, -0.15) is 5.10 Å². The highest BCUT2D eigenvalue weighted by Gasteiger charge is 2.13. The van der Waals surface area contributed by atoms with E-state index in [1.807, 2.05) is 6.92 Å². The zero-order valence-electron chi connectivity index (χ0n) is 10.8. The van der Waals surface area contributed by atoms with Gasteiger partial charge in [-0.05, 0) is 13.3 Å². The van der Waals surface area contributed by atoms with E-state index >= 15 is 0 Å². The molecule has 0 aliphatic heterocycles. The van der Waals surface area contributed by atoms with Crippen molar-refractivity contribution in [1.29, 1.82) is 0 Å². The van der Waals surface area contributed by atoms with E-state index in [0.29, 0.717) is 5.56 Å². The number of hydrogen-bond donors (Lipinski definition) is 2. The van der Waals surface area contributed by atoms with Gasteiger partial charge in [0.05, 0.1) is 18.2 Å². The molecule has 0 bridgehead atoms. The van der Waals surface area contributed by atoms with Gasteiger partial charge >= 0.3 is 5.97 Å². The third-order valence-electron chi connectivity index (χ3n) is 2.70. The van der Waals surface area contributed by atoms with Crippen LogP contribution >= 0.6 is 0 Å². The lowest BCUT2D eigenvalue weighted by Crippen LogP contribution is -2.26. The Morgan fingerprint density at radius 3 is 2.83 bits per heavy atom. The molecule has 100 valence electrons. The second kappa shape index (κ2) is 6.78. The fraction of sp³-hybridized carbons (Fsp3) is 0.583. The van der Waals surface area contributed by atoms with E-state index < -0.39 is 5.97 Å². The Hall–Kier alpha value is -1.85. The van der Waals surface area contributed by atoms with Crippen molar-refractivity contribution in [2.24, 2.45) is 0 Å². The van der Waals surface area contributed by atoms with Crippen molar-refractivity contribution in [1.82, 2.24) is 15.1 Å². The minimum absolute atomic E-state index is 0.0746. The van der Waals surface area contributed by atoms with Crippen LogP contribution in [0.2, 0.25) is 0 Å². The summed E-state index contributed by atoms with van der Waals surface area (Å²) in [6, 6.07) is 0. The summed E-state index contributed by atoms with van der Waals surface area (Å²) in [5, 5.41) is 15.2. The highest BCUT2D eigenvalue weighted by Crippen LogP contribution is 2.08. The monoisotopic (exact) mass is 253 g/mol. The first kappa shape index (κ1) is 14.2. The number of carboxylic acid groups (broad SMARTS) is 1. The molecule has 0 aliphatic carbocycles. The lowest BCUT2D eigenvalue weighted by atomic mass is 10.2. The standard InChI is InChI=1S/C12H19N3O3/c1-3-4-7-15-9(2)10(8-14-15)12(18)13-6-5-11(16)17/h8H,3-7H2,1-2H3,(H,13,18)(H,16,17). The molecule has 0 aromatic carbocycles. The van der Waals surface area contributed by atoms with Crippen LogP contribution in [0.5, 0.6) is 0 Å². The topological polar surface area (TPSA) is 84.2 Å². The van der Waals surface area contributed by atoms with Crippen molar-refractivity contribution >= 4 is 11.9 Å². The number of unbranched alkanes of at least 4 members (excludes halogenated alkanes) is 1. The third kappa shape index (κ3) is 3.87. The predicted molar refractivity (Wildman–Crippen MR) is 66.5 cm³/mol. The predicted octanol–water partition coefficient (Wildman–Crippen LogP) is 1.20. The summed E-state index contributed by atoms with van der Waals surface area (Å²) in [6.07, 6.45) is 3.54. The summed E-state index contributed by atoms with van der Waals surface area (Å²) >= 11 is 0. The number of amides is 1. The molecule has 0 spiro atoms. The van der Waals surface area contributed by atoms with Crippen LogP contribution in [0.3, 0.4) is 0 Å². The second-order valence-electron chi connectivity index (χ2n) is 4.12. The van der Waals surface area contributed by atoms with Crippen LogP contribution in [0.1, 0.15) is 42.2 Å². The van der Waals surface area contributed by atoms with Gasteiger partial charge in [0.2, 0.25) is 0 Å². The summed E-state index contributed by atoms with van der Waals surface area (Å²) in [5.41, 5.74) is 1.33. The van der Waals surface area contributed by atoms with E-state index in [0.717, 1.165) is 25.1 Å². The number of aryl methyl sites for hydroxylation is 1. The van der Waals surface area contributed by atoms with Gasteiger partial charge < -0.3 is 10.4 Å². The van der Waals surface area contributed by atoms with Gasteiger partial charge in [0.25, 0.3) is 5.91 Å². The average Bonchev–Trinajstić information content (AvgIpc) is 2.67. The summed E-state index contributed by atoms with van der Waals surface area (Å²) in [5.74, 6) is -1.19. The minimum atomic E-state index is -0.925. The normalized spacial score (nSPS) is 10.3. The number of nitrogens with one attached hydrogen (secondary N) is 1. The van der Waals surface area contributed by atoms with Crippen molar-refractivity contribution in [3.8, 4) is 0 Å². The van der Waals surface area contributed by atoms with E-state index in [9.17, 15) is 9.59 Å². The molecule has 2 N–H and O–H groups in total. The smallest absolute Gasteiger partial charge is 0.305 e. The maximum atomic E-state index is 11.8. The fourth-order valence-electron chi connectivity index (χ4n) is 1.58. The molecule has 0 saturated carbocycles. The number of aromatic nitrogens is 2. The molecule has 18 heavy (non-hydrogen) atoms. The number of carboxylic acids is 1. The SMILES string of the molecule is CCCCn1ncc(C(=O)NCCC(=O)O)c1C. The molecule has 0 saturated heterocycles. The number of hydrogen-bond acceptors (Lipinski definition) is 3. The third-order valence-corrected chi connectivity index (χ3v) is 2.70. The zero-order chi connectivity index (χ0) is 13.5.